The molecule has 1 fully saturated rings. The van der Waals surface area contributed by atoms with Gasteiger partial charge in [0, 0.05) is 37.6 Å². The van der Waals surface area contributed by atoms with Gasteiger partial charge in [0.05, 0.1) is 17.5 Å². The van der Waals surface area contributed by atoms with Crippen LogP contribution in [0.25, 0.3) is 0 Å². The Morgan fingerprint density at radius 1 is 1.20 bits per heavy atom. The molecule has 1 aliphatic rings. The van der Waals surface area contributed by atoms with Crippen LogP contribution < -0.4 is 0 Å². The maximum atomic E-state index is 13.1. The highest BCUT2D eigenvalue weighted by molar-refractivity contribution is 6.31. The van der Waals surface area contributed by atoms with Crippen molar-refractivity contribution in [2.75, 3.05) is 20.1 Å². The van der Waals surface area contributed by atoms with Crippen LogP contribution in [0.3, 0.4) is 0 Å². The second kappa shape index (κ2) is 9.45. The van der Waals surface area contributed by atoms with Gasteiger partial charge >= 0.3 is 0 Å². The topological polar surface area (TPSA) is 52.2 Å². The van der Waals surface area contributed by atoms with Gasteiger partial charge in [-0.25, -0.2) is 0 Å². The zero-order valence-corrected chi connectivity index (χ0v) is 18.0. The summed E-state index contributed by atoms with van der Waals surface area (Å²) < 4.78 is 0. The number of aromatic nitrogens is 2. The predicted octanol–water partition coefficient (Wildman–Crippen LogP) is 4.71. The quantitative estimate of drug-likeness (QED) is 0.625. The molecule has 2 aromatic carbocycles. The average Bonchev–Trinajstić information content (AvgIpc) is 3.26. The molecule has 0 spiro atoms. The van der Waals surface area contributed by atoms with Gasteiger partial charge in [-0.1, -0.05) is 60.1 Å². The van der Waals surface area contributed by atoms with E-state index in [1.165, 1.54) is 0 Å². The third kappa shape index (κ3) is 4.74. The third-order valence-corrected chi connectivity index (χ3v) is 6.14. The number of likely N-dealkylation sites (tertiary alicyclic amines) is 1. The zero-order chi connectivity index (χ0) is 20.9. The summed E-state index contributed by atoms with van der Waals surface area (Å²) in [5.41, 5.74) is 3.88. The number of carbonyl (C=O) groups is 1. The first kappa shape index (κ1) is 20.6. The van der Waals surface area contributed by atoms with E-state index >= 15 is 0 Å². The Hall–Kier alpha value is -2.63. The molecule has 156 valence electrons. The highest BCUT2D eigenvalue weighted by Gasteiger charge is 2.28. The number of benzene rings is 2. The van der Waals surface area contributed by atoms with E-state index in [4.69, 9.17) is 11.6 Å². The fraction of sp³-hybridized carbons (Fsp3) is 0.333. The van der Waals surface area contributed by atoms with E-state index in [0.29, 0.717) is 12.1 Å². The minimum Gasteiger partial charge on any atom is -0.337 e. The molecule has 4 rings (SSSR count). The normalized spacial score (nSPS) is 17.1. The van der Waals surface area contributed by atoms with Crippen LogP contribution in [0.4, 0.5) is 0 Å². The number of nitrogens with one attached hydrogen (secondary N) is 1. The summed E-state index contributed by atoms with van der Waals surface area (Å²) in [5, 5.41) is 8.14. The van der Waals surface area contributed by atoms with Crippen LogP contribution in [0.2, 0.25) is 5.02 Å². The van der Waals surface area contributed by atoms with E-state index in [1.54, 1.807) is 11.1 Å². The van der Waals surface area contributed by atoms with Crippen molar-refractivity contribution in [1.82, 2.24) is 20.0 Å². The molecule has 0 saturated carbocycles. The van der Waals surface area contributed by atoms with Crippen LogP contribution in [0.15, 0.2) is 60.8 Å². The lowest BCUT2D eigenvalue weighted by molar-refractivity contribution is 0.0782. The lowest BCUT2D eigenvalue weighted by Gasteiger charge is -2.33. The summed E-state index contributed by atoms with van der Waals surface area (Å²) in [5.74, 6) is 0.263. The number of rotatable bonds is 6. The summed E-state index contributed by atoms with van der Waals surface area (Å²) in [6.07, 6.45) is 3.80. The number of halogens is 1. The molecule has 6 heteroatoms. The highest BCUT2D eigenvalue weighted by Crippen LogP contribution is 2.30. The number of amides is 1. The summed E-state index contributed by atoms with van der Waals surface area (Å²) in [7, 11) is 1.84. The molecule has 1 aromatic heterocycles. The molecule has 30 heavy (non-hydrogen) atoms. The molecule has 1 aliphatic heterocycles. The van der Waals surface area contributed by atoms with E-state index in [2.05, 4.69) is 21.2 Å². The third-order valence-electron chi connectivity index (χ3n) is 5.77. The molecule has 0 unspecified atom stereocenters. The number of piperidine rings is 1. The van der Waals surface area contributed by atoms with Crippen molar-refractivity contribution in [2.45, 2.75) is 31.8 Å². The number of carbonyl (C=O) groups excluding carboxylic acids is 1. The van der Waals surface area contributed by atoms with Gasteiger partial charge in [-0.15, -0.1) is 0 Å². The molecule has 2 heterocycles. The lowest BCUT2D eigenvalue weighted by atomic mass is 9.92. The zero-order valence-electron chi connectivity index (χ0n) is 17.2. The molecule has 1 atom stereocenters. The summed E-state index contributed by atoms with van der Waals surface area (Å²) in [6.45, 7) is 3.32. The Bertz CT molecular complexity index is 988. The molecule has 1 saturated heterocycles. The first-order chi connectivity index (χ1) is 14.6. The van der Waals surface area contributed by atoms with Crippen LogP contribution in [-0.2, 0) is 13.1 Å². The molecular weight excluding hydrogens is 396 g/mol. The van der Waals surface area contributed by atoms with Crippen molar-refractivity contribution in [3.63, 3.8) is 0 Å². The van der Waals surface area contributed by atoms with Crippen molar-refractivity contribution in [2.24, 2.45) is 0 Å². The van der Waals surface area contributed by atoms with E-state index in [-0.39, 0.29) is 11.8 Å². The summed E-state index contributed by atoms with van der Waals surface area (Å²) >= 11 is 6.35. The molecule has 0 aliphatic carbocycles. The van der Waals surface area contributed by atoms with Crippen LogP contribution in [0.5, 0.6) is 0 Å². The minimum atomic E-state index is 0.00540. The van der Waals surface area contributed by atoms with Crippen molar-refractivity contribution in [3.05, 3.63) is 88.2 Å². The molecule has 1 N–H and O–H groups in total. The molecular formula is C24H27ClN4O. The second-order valence-electron chi connectivity index (χ2n) is 8.01. The van der Waals surface area contributed by atoms with Gasteiger partial charge in [0.1, 0.15) is 0 Å². The Morgan fingerprint density at radius 3 is 2.77 bits per heavy atom. The standard InChI is InChI=1S/C24H27ClN4O/c1-28(15-18-8-3-2-4-9-18)24(30)21-14-26-27-23(21)20-11-7-13-29(17-20)16-19-10-5-6-12-22(19)25/h2-6,8-10,12,14,20H,7,11,13,15-17H2,1H3,(H,26,27)/t20-/m1/s1. The molecule has 5 nitrogen and oxygen atoms in total. The second-order valence-corrected chi connectivity index (χ2v) is 8.42. The number of hydrogen-bond donors (Lipinski definition) is 1. The van der Waals surface area contributed by atoms with Gasteiger partial charge < -0.3 is 4.90 Å². The summed E-state index contributed by atoms with van der Waals surface area (Å²) in [4.78, 5) is 17.3. The van der Waals surface area contributed by atoms with E-state index in [9.17, 15) is 4.79 Å². The molecule has 0 bridgehead atoms. The maximum Gasteiger partial charge on any atom is 0.257 e. The Morgan fingerprint density at radius 2 is 1.97 bits per heavy atom. The predicted molar refractivity (Wildman–Crippen MR) is 120 cm³/mol. The van der Waals surface area contributed by atoms with Crippen LogP contribution >= 0.6 is 11.6 Å². The van der Waals surface area contributed by atoms with Gasteiger partial charge in [0.15, 0.2) is 0 Å². The van der Waals surface area contributed by atoms with E-state index < -0.39 is 0 Å². The SMILES string of the molecule is CN(Cc1ccccc1)C(=O)c1cn[nH]c1[C@@H]1CCCN(Cc2ccccc2Cl)C1. The lowest BCUT2D eigenvalue weighted by Crippen LogP contribution is -2.35. The van der Waals surface area contributed by atoms with Gasteiger partial charge in [0.25, 0.3) is 5.91 Å². The smallest absolute Gasteiger partial charge is 0.257 e. The van der Waals surface area contributed by atoms with Crippen molar-refractivity contribution < 1.29 is 4.79 Å². The minimum absolute atomic E-state index is 0.00540. The van der Waals surface area contributed by atoms with E-state index in [1.807, 2.05) is 55.6 Å². The Balaban J connectivity index is 1.45. The van der Waals surface area contributed by atoms with Gasteiger partial charge in [-0.05, 0) is 36.6 Å². The van der Waals surface area contributed by atoms with E-state index in [0.717, 1.165) is 54.3 Å². The van der Waals surface area contributed by atoms with Gasteiger partial charge in [0.2, 0.25) is 0 Å². The fourth-order valence-corrected chi connectivity index (χ4v) is 4.41. The largest absolute Gasteiger partial charge is 0.337 e. The first-order valence-electron chi connectivity index (χ1n) is 10.4. The number of nitrogens with zero attached hydrogens (tertiary/aromatic N) is 3. The van der Waals surface area contributed by atoms with Crippen LogP contribution in [-0.4, -0.2) is 46.0 Å². The number of hydrogen-bond acceptors (Lipinski definition) is 3. The Labute approximate surface area is 182 Å². The van der Waals surface area contributed by atoms with Crippen molar-refractivity contribution >= 4 is 17.5 Å². The first-order valence-corrected chi connectivity index (χ1v) is 10.8. The highest BCUT2D eigenvalue weighted by atomic mass is 35.5. The number of H-pyrrole nitrogens is 1. The molecule has 0 radical (unpaired) electrons. The molecule has 1 amide bonds. The maximum absolute atomic E-state index is 13.1. The van der Waals surface area contributed by atoms with Gasteiger partial charge in [-0.3, -0.25) is 14.8 Å². The number of aromatic amines is 1. The molecule has 3 aromatic rings. The van der Waals surface area contributed by atoms with Crippen LogP contribution in [0.1, 0.15) is 45.9 Å². The van der Waals surface area contributed by atoms with Crippen molar-refractivity contribution in [3.8, 4) is 0 Å². The van der Waals surface area contributed by atoms with Crippen molar-refractivity contribution in [1.29, 1.82) is 0 Å². The summed E-state index contributed by atoms with van der Waals surface area (Å²) in [6, 6.07) is 18.0. The van der Waals surface area contributed by atoms with Gasteiger partial charge in [-0.2, -0.15) is 5.10 Å². The average molecular weight is 423 g/mol. The van der Waals surface area contributed by atoms with Crippen LogP contribution in [0, 0.1) is 0 Å². The Kier molecular flexibility index (Phi) is 6.50. The monoisotopic (exact) mass is 422 g/mol. The fourth-order valence-electron chi connectivity index (χ4n) is 4.21.